The number of nitriles is 1. The summed E-state index contributed by atoms with van der Waals surface area (Å²) in [6.45, 7) is 0.262. The lowest BCUT2D eigenvalue weighted by atomic mass is 10.2. The van der Waals surface area contributed by atoms with Crippen LogP contribution in [0.25, 0.3) is 0 Å². The normalized spacial score (nSPS) is 9.67. The van der Waals surface area contributed by atoms with E-state index in [2.05, 4.69) is 10.6 Å². The highest BCUT2D eigenvalue weighted by Crippen LogP contribution is 2.10. The van der Waals surface area contributed by atoms with Crippen molar-refractivity contribution >= 4 is 28.8 Å². The minimum absolute atomic E-state index is 0.173. The van der Waals surface area contributed by atoms with Gasteiger partial charge in [-0.1, -0.05) is 6.07 Å². The average Bonchev–Trinajstić information content (AvgIpc) is 3.01. The lowest BCUT2D eigenvalue weighted by molar-refractivity contribution is -0.116. The first-order valence-corrected chi connectivity index (χ1v) is 7.24. The van der Waals surface area contributed by atoms with Crippen LogP contribution in [0.4, 0.5) is 5.69 Å². The van der Waals surface area contributed by atoms with Gasteiger partial charge in [0, 0.05) is 29.6 Å². The Morgan fingerprint density at radius 3 is 2.86 bits per heavy atom. The molecule has 6 heteroatoms. The summed E-state index contributed by atoms with van der Waals surface area (Å²) in [5, 5.41) is 17.7. The highest BCUT2D eigenvalue weighted by Gasteiger charge is 2.07. The average molecular weight is 299 g/mol. The third-order valence-electron chi connectivity index (χ3n) is 2.70. The van der Waals surface area contributed by atoms with Crippen molar-refractivity contribution in [3.63, 3.8) is 0 Å². The number of benzene rings is 1. The molecule has 2 N–H and O–H groups in total. The Bertz CT molecular complexity index is 674. The van der Waals surface area contributed by atoms with Crippen molar-refractivity contribution in [3.05, 3.63) is 52.2 Å². The van der Waals surface area contributed by atoms with Gasteiger partial charge in [0.1, 0.15) is 0 Å². The summed E-state index contributed by atoms with van der Waals surface area (Å²) in [4.78, 5) is 23.4. The Morgan fingerprint density at radius 2 is 2.14 bits per heavy atom. The lowest BCUT2D eigenvalue weighted by Gasteiger charge is -2.06. The zero-order valence-corrected chi connectivity index (χ0v) is 11.9. The van der Waals surface area contributed by atoms with E-state index in [0.29, 0.717) is 16.8 Å². The number of nitrogens with zero attached hydrogens (tertiary/aromatic N) is 1. The number of amides is 2. The molecule has 0 saturated heterocycles. The molecule has 0 fully saturated rings. The number of rotatable bonds is 5. The molecule has 21 heavy (non-hydrogen) atoms. The van der Waals surface area contributed by atoms with E-state index in [1.807, 2.05) is 11.4 Å². The molecule has 2 rings (SSSR count). The summed E-state index contributed by atoms with van der Waals surface area (Å²) in [6, 6.07) is 10.4. The van der Waals surface area contributed by atoms with Crippen molar-refractivity contribution in [2.45, 2.75) is 6.42 Å². The summed E-state index contributed by atoms with van der Waals surface area (Å²) in [5.41, 5.74) is 1.66. The second kappa shape index (κ2) is 7.22. The van der Waals surface area contributed by atoms with E-state index in [0.717, 1.165) is 0 Å². The van der Waals surface area contributed by atoms with Crippen LogP contribution in [0.1, 0.15) is 22.3 Å². The monoisotopic (exact) mass is 299 g/mol. The molecule has 0 unspecified atom stereocenters. The molecule has 2 amide bonds. The summed E-state index contributed by atoms with van der Waals surface area (Å²) >= 11 is 1.45. The van der Waals surface area contributed by atoms with Gasteiger partial charge in [-0.3, -0.25) is 9.59 Å². The van der Waals surface area contributed by atoms with E-state index in [9.17, 15) is 9.59 Å². The second-order valence-electron chi connectivity index (χ2n) is 4.26. The van der Waals surface area contributed by atoms with Crippen LogP contribution in [0.2, 0.25) is 0 Å². The Kier molecular flexibility index (Phi) is 5.07. The molecule has 2 aromatic rings. The molecule has 1 aromatic heterocycles. The van der Waals surface area contributed by atoms with Gasteiger partial charge in [-0.25, -0.2) is 0 Å². The molecule has 0 saturated carbocycles. The van der Waals surface area contributed by atoms with Crippen LogP contribution in [0, 0.1) is 11.3 Å². The fourth-order valence-corrected chi connectivity index (χ4v) is 2.31. The Morgan fingerprint density at radius 1 is 1.29 bits per heavy atom. The molecular weight excluding hydrogens is 286 g/mol. The molecule has 0 aliphatic rings. The van der Waals surface area contributed by atoms with Gasteiger partial charge in [0.15, 0.2) is 0 Å². The number of carbonyl (C=O) groups excluding carboxylic acids is 2. The predicted molar refractivity (Wildman–Crippen MR) is 81.1 cm³/mol. The fraction of sp³-hybridized carbons (Fsp3) is 0.133. The van der Waals surface area contributed by atoms with E-state index in [-0.39, 0.29) is 24.8 Å². The topological polar surface area (TPSA) is 82.0 Å². The number of anilines is 1. The maximum absolute atomic E-state index is 11.7. The molecule has 0 radical (unpaired) electrons. The standard InChI is InChI=1S/C15H13N3O2S/c16-9-11-2-1-3-13(8-11)18-14(19)4-6-17-15(20)12-5-7-21-10-12/h1-3,5,7-8,10H,4,6H2,(H,17,20)(H,18,19). The van der Waals surface area contributed by atoms with E-state index in [1.54, 1.807) is 35.7 Å². The van der Waals surface area contributed by atoms with E-state index in [4.69, 9.17) is 5.26 Å². The summed E-state index contributed by atoms with van der Waals surface area (Å²) in [6.07, 6.45) is 0.173. The van der Waals surface area contributed by atoms with Crippen LogP contribution >= 0.6 is 11.3 Å². The minimum atomic E-state index is -0.212. The van der Waals surface area contributed by atoms with Crippen molar-refractivity contribution in [1.82, 2.24) is 5.32 Å². The lowest BCUT2D eigenvalue weighted by Crippen LogP contribution is -2.27. The van der Waals surface area contributed by atoms with Crippen molar-refractivity contribution in [1.29, 1.82) is 5.26 Å². The zero-order chi connectivity index (χ0) is 15.1. The molecule has 0 aliphatic carbocycles. The Balaban J connectivity index is 1.77. The van der Waals surface area contributed by atoms with Gasteiger partial charge in [0.05, 0.1) is 11.6 Å². The molecular formula is C15H13N3O2S. The fourth-order valence-electron chi connectivity index (χ4n) is 1.68. The number of hydrogen-bond acceptors (Lipinski definition) is 4. The van der Waals surface area contributed by atoms with E-state index in [1.165, 1.54) is 11.3 Å². The molecule has 1 aromatic carbocycles. The van der Waals surface area contributed by atoms with Gasteiger partial charge in [-0.05, 0) is 29.6 Å². The Labute approximate surface area is 126 Å². The van der Waals surface area contributed by atoms with Crippen molar-refractivity contribution in [2.75, 3.05) is 11.9 Å². The van der Waals surface area contributed by atoms with Crippen molar-refractivity contribution < 1.29 is 9.59 Å². The Hall–Kier alpha value is -2.65. The largest absolute Gasteiger partial charge is 0.351 e. The minimum Gasteiger partial charge on any atom is -0.351 e. The SMILES string of the molecule is N#Cc1cccc(NC(=O)CCNC(=O)c2ccsc2)c1. The van der Waals surface area contributed by atoms with Crippen LogP contribution in [-0.2, 0) is 4.79 Å². The quantitative estimate of drug-likeness (QED) is 0.889. The van der Waals surface area contributed by atoms with Gasteiger partial charge < -0.3 is 10.6 Å². The van der Waals surface area contributed by atoms with Gasteiger partial charge in [0.25, 0.3) is 5.91 Å². The first kappa shape index (κ1) is 14.8. The number of carbonyl (C=O) groups is 2. The third-order valence-corrected chi connectivity index (χ3v) is 3.38. The third kappa shape index (κ3) is 4.44. The molecule has 106 valence electrons. The van der Waals surface area contributed by atoms with Crippen LogP contribution in [0.5, 0.6) is 0 Å². The molecule has 0 bridgehead atoms. The number of thiophene rings is 1. The van der Waals surface area contributed by atoms with Crippen LogP contribution in [-0.4, -0.2) is 18.4 Å². The summed E-state index contributed by atoms with van der Waals surface area (Å²) in [5.74, 6) is -0.397. The van der Waals surface area contributed by atoms with Crippen molar-refractivity contribution in [3.8, 4) is 6.07 Å². The summed E-state index contributed by atoms with van der Waals surface area (Å²) in [7, 11) is 0. The molecule has 1 heterocycles. The molecule has 0 aliphatic heterocycles. The first-order valence-electron chi connectivity index (χ1n) is 6.29. The van der Waals surface area contributed by atoms with Gasteiger partial charge in [-0.15, -0.1) is 0 Å². The van der Waals surface area contributed by atoms with E-state index < -0.39 is 0 Å². The van der Waals surface area contributed by atoms with Crippen LogP contribution in [0.15, 0.2) is 41.1 Å². The van der Waals surface area contributed by atoms with Gasteiger partial charge >= 0.3 is 0 Å². The van der Waals surface area contributed by atoms with Gasteiger partial charge in [0.2, 0.25) is 5.91 Å². The first-order chi connectivity index (χ1) is 10.2. The zero-order valence-electron chi connectivity index (χ0n) is 11.1. The number of nitrogens with one attached hydrogen (secondary N) is 2. The number of hydrogen-bond donors (Lipinski definition) is 2. The smallest absolute Gasteiger partial charge is 0.252 e. The molecule has 5 nitrogen and oxygen atoms in total. The van der Waals surface area contributed by atoms with Crippen molar-refractivity contribution in [2.24, 2.45) is 0 Å². The highest BCUT2D eigenvalue weighted by atomic mass is 32.1. The predicted octanol–water partition coefficient (Wildman–Crippen LogP) is 2.38. The molecule has 0 spiro atoms. The second-order valence-corrected chi connectivity index (χ2v) is 5.04. The maximum atomic E-state index is 11.7. The highest BCUT2D eigenvalue weighted by molar-refractivity contribution is 7.08. The summed E-state index contributed by atoms with van der Waals surface area (Å²) < 4.78 is 0. The molecule has 0 atom stereocenters. The van der Waals surface area contributed by atoms with Gasteiger partial charge in [-0.2, -0.15) is 16.6 Å². The maximum Gasteiger partial charge on any atom is 0.252 e. The van der Waals surface area contributed by atoms with Crippen LogP contribution in [0.3, 0.4) is 0 Å². The van der Waals surface area contributed by atoms with Crippen LogP contribution < -0.4 is 10.6 Å². The van der Waals surface area contributed by atoms with E-state index >= 15 is 0 Å².